The first-order valence-electron chi connectivity index (χ1n) is 7.03. The molecule has 1 aromatic heterocycles. The minimum Gasteiger partial charge on any atom is -0.493 e. The van der Waals surface area contributed by atoms with Crippen LogP contribution in [0.25, 0.3) is 0 Å². The summed E-state index contributed by atoms with van der Waals surface area (Å²) in [5, 5.41) is 12.9. The molecule has 0 saturated carbocycles. The van der Waals surface area contributed by atoms with E-state index < -0.39 is 0 Å². The molecule has 1 N–H and O–H groups in total. The van der Waals surface area contributed by atoms with Crippen LogP contribution in [0.4, 0.5) is 0 Å². The van der Waals surface area contributed by atoms with Crippen molar-refractivity contribution in [3.05, 3.63) is 28.8 Å². The van der Waals surface area contributed by atoms with Crippen LogP contribution in [0.1, 0.15) is 31.3 Å². The highest BCUT2D eigenvalue weighted by Crippen LogP contribution is 2.33. The summed E-state index contributed by atoms with van der Waals surface area (Å²) in [5.74, 6) is 1.38. The van der Waals surface area contributed by atoms with Gasteiger partial charge in [0.15, 0.2) is 11.5 Å². The second-order valence-electron chi connectivity index (χ2n) is 4.94. The number of hydrogen-bond acceptors (Lipinski definition) is 6. The van der Waals surface area contributed by atoms with Crippen molar-refractivity contribution in [2.75, 3.05) is 7.11 Å². The average molecular weight is 307 g/mol. The molecule has 0 saturated heterocycles. The Hall–Kier alpha value is -1.66. The van der Waals surface area contributed by atoms with Crippen LogP contribution in [0.2, 0.25) is 0 Å². The van der Waals surface area contributed by atoms with E-state index in [9.17, 15) is 0 Å². The predicted molar refractivity (Wildman–Crippen MR) is 84.3 cm³/mol. The third-order valence-electron chi connectivity index (χ3n) is 2.94. The van der Waals surface area contributed by atoms with E-state index in [0.717, 1.165) is 11.4 Å². The van der Waals surface area contributed by atoms with Gasteiger partial charge in [-0.2, -0.15) is 0 Å². The fourth-order valence-electron chi connectivity index (χ4n) is 1.75. The van der Waals surface area contributed by atoms with Crippen molar-refractivity contribution in [2.24, 2.45) is 0 Å². The summed E-state index contributed by atoms with van der Waals surface area (Å²) in [6.07, 6.45) is 0.959. The monoisotopic (exact) mass is 307 g/mol. The summed E-state index contributed by atoms with van der Waals surface area (Å²) >= 11 is 1.44. The molecule has 0 amide bonds. The minimum atomic E-state index is 0.417. The normalized spacial score (nSPS) is 10.9. The second kappa shape index (κ2) is 7.38. The molecule has 1 heterocycles. The number of ether oxygens (including phenoxy) is 2. The number of nitrogens with zero attached hydrogens (tertiary/aromatic N) is 2. The van der Waals surface area contributed by atoms with Gasteiger partial charge in [0.2, 0.25) is 0 Å². The maximum absolute atomic E-state index is 5.78. The van der Waals surface area contributed by atoms with Gasteiger partial charge in [-0.25, -0.2) is 0 Å². The average Bonchev–Trinajstić information content (AvgIpc) is 2.93. The summed E-state index contributed by atoms with van der Waals surface area (Å²) in [4.78, 5) is 0. The molecule has 0 aliphatic rings. The fourth-order valence-corrected chi connectivity index (χ4v) is 2.40. The maximum atomic E-state index is 5.78. The number of rotatable bonds is 7. The summed E-state index contributed by atoms with van der Waals surface area (Å²) in [6.45, 7) is 7.00. The predicted octanol–water partition coefficient (Wildman–Crippen LogP) is 3.40. The van der Waals surface area contributed by atoms with E-state index in [1.165, 1.54) is 16.9 Å². The molecule has 6 heteroatoms. The molecule has 114 valence electrons. The highest BCUT2D eigenvalue weighted by Gasteiger charge is 2.11. The van der Waals surface area contributed by atoms with E-state index in [1.807, 2.05) is 18.2 Å². The Balaban J connectivity index is 2.07. The highest BCUT2D eigenvalue weighted by molar-refractivity contribution is 7.13. The van der Waals surface area contributed by atoms with E-state index in [2.05, 4.69) is 36.3 Å². The molecule has 2 rings (SSSR count). The zero-order valence-corrected chi connectivity index (χ0v) is 13.7. The van der Waals surface area contributed by atoms with Crippen molar-refractivity contribution in [3.63, 3.8) is 0 Å². The Bertz CT molecular complexity index is 584. The molecule has 0 atom stereocenters. The molecule has 0 aliphatic heterocycles. The Morgan fingerprint density at radius 1 is 1.24 bits per heavy atom. The van der Waals surface area contributed by atoms with Crippen LogP contribution in [0, 0.1) is 0 Å². The van der Waals surface area contributed by atoms with Crippen molar-refractivity contribution < 1.29 is 9.47 Å². The van der Waals surface area contributed by atoms with Gasteiger partial charge in [0, 0.05) is 6.04 Å². The van der Waals surface area contributed by atoms with Gasteiger partial charge in [-0.05, 0) is 24.1 Å². The minimum absolute atomic E-state index is 0.417. The number of benzene rings is 1. The lowest BCUT2D eigenvalue weighted by Gasteiger charge is -2.09. The van der Waals surface area contributed by atoms with E-state index in [1.54, 1.807) is 7.11 Å². The first-order valence-corrected chi connectivity index (χ1v) is 7.84. The van der Waals surface area contributed by atoms with E-state index in [0.29, 0.717) is 29.3 Å². The molecule has 0 radical (unpaired) electrons. The van der Waals surface area contributed by atoms with Gasteiger partial charge >= 0.3 is 0 Å². The van der Waals surface area contributed by atoms with E-state index in [4.69, 9.17) is 9.47 Å². The first-order chi connectivity index (χ1) is 10.1. The lowest BCUT2D eigenvalue weighted by molar-refractivity contribution is 0.376. The molecule has 0 spiro atoms. The van der Waals surface area contributed by atoms with Crippen LogP contribution in [0.3, 0.4) is 0 Å². The molecule has 21 heavy (non-hydrogen) atoms. The number of aryl methyl sites for hydroxylation is 1. The molecule has 5 nitrogen and oxygen atoms in total. The van der Waals surface area contributed by atoms with Crippen molar-refractivity contribution in [2.45, 2.75) is 39.8 Å². The summed E-state index contributed by atoms with van der Waals surface area (Å²) in [7, 11) is 1.64. The van der Waals surface area contributed by atoms with Gasteiger partial charge in [-0.15, -0.1) is 5.10 Å². The van der Waals surface area contributed by atoms with Gasteiger partial charge in [0.1, 0.15) is 5.01 Å². The standard InChI is InChI=1S/C15H21N3O2S/c1-5-11-6-7-12(13(8-11)19-4)20-15-18-17-14(21-15)9-16-10(2)3/h6-8,10,16H,5,9H2,1-4H3. The van der Waals surface area contributed by atoms with Crippen molar-refractivity contribution in [1.29, 1.82) is 0 Å². The number of hydrogen-bond donors (Lipinski definition) is 1. The third kappa shape index (κ3) is 4.41. The fraction of sp³-hybridized carbons (Fsp3) is 0.467. The third-order valence-corrected chi connectivity index (χ3v) is 3.74. The second-order valence-corrected chi connectivity index (χ2v) is 5.96. The van der Waals surface area contributed by atoms with E-state index in [-0.39, 0.29) is 0 Å². The smallest absolute Gasteiger partial charge is 0.299 e. The van der Waals surface area contributed by atoms with Gasteiger partial charge in [-0.3, -0.25) is 0 Å². The summed E-state index contributed by atoms with van der Waals surface area (Å²) < 4.78 is 11.1. The van der Waals surface area contributed by atoms with Crippen LogP contribution in [-0.4, -0.2) is 23.3 Å². The largest absolute Gasteiger partial charge is 0.493 e. The molecule has 2 aromatic rings. The first kappa shape index (κ1) is 15.7. The molecule has 1 aromatic carbocycles. The van der Waals surface area contributed by atoms with Crippen LogP contribution >= 0.6 is 11.3 Å². The maximum Gasteiger partial charge on any atom is 0.299 e. The van der Waals surface area contributed by atoms with Crippen LogP contribution in [-0.2, 0) is 13.0 Å². The lowest BCUT2D eigenvalue weighted by Crippen LogP contribution is -2.21. The summed E-state index contributed by atoms with van der Waals surface area (Å²) in [6, 6.07) is 6.34. The molecule has 0 unspecified atom stereocenters. The van der Waals surface area contributed by atoms with Gasteiger partial charge in [0.05, 0.1) is 13.7 Å². The van der Waals surface area contributed by atoms with E-state index >= 15 is 0 Å². The Labute approximate surface area is 129 Å². The van der Waals surface area contributed by atoms with Crippen LogP contribution in [0.5, 0.6) is 16.7 Å². The Morgan fingerprint density at radius 2 is 2.05 bits per heavy atom. The number of aromatic nitrogens is 2. The van der Waals surface area contributed by atoms with Crippen molar-refractivity contribution >= 4 is 11.3 Å². The quantitative estimate of drug-likeness (QED) is 0.849. The molecular formula is C15H21N3O2S. The Kier molecular flexibility index (Phi) is 5.52. The van der Waals surface area contributed by atoms with Crippen LogP contribution < -0.4 is 14.8 Å². The highest BCUT2D eigenvalue weighted by atomic mass is 32.1. The molecular weight excluding hydrogens is 286 g/mol. The van der Waals surface area contributed by atoms with Crippen molar-refractivity contribution in [3.8, 4) is 16.7 Å². The molecule has 0 fully saturated rings. The van der Waals surface area contributed by atoms with Crippen LogP contribution in [0.15, 0.2) is 18.2 Å². The number of methoxy groups -OCH3 is 1. The van der Waals surface area contributed by atoms with Gasteiger partial charge in [0.25, 0.3) is 5.19 Å². The molecule has 0 aliphatic carbocycles. The van der Waals surface area contributed by atoms with Crippen molar-refractivity contribution in [1.82, 2.24) is 15.5 Å². The topological polar surface area (TPSA) is 56.3 Å². The SMILES string of the molecule is CCc1ccc(Oc2nnc(CNC(C)C)s2)c(OC)c1. The zero-order chi connectivity index (χ0) is 15.2. The Morgan fingerprint density at radius 3 is 2.71 bits per heavy atom. The van der Waals surface area contributed by atoms with Gasteiger partial charge < -0.3 is 14.8 Å². The number of nitrogens with one attached hydrogen (secondary N) is 1. The van der Waals surface area contributed by atoms with Gasteiger partial charge in [-0.1, -0.05) is 43.3 Å². The lowest BCUT2D eigenvalue weighted by atomic mass is 10.1. The molecule has 0 bridgehead atoms. The summed E-state index contributed by atoms with van der Waals surface area (Å²) in [5.41, 5.74) is 1.21. The zero-order valence-electron chi connectivity index (χ0n) is 12.8.